The van der Waals surface area contributed by atoms with Gasteiger partial charge in [-0.25, -0.2) is 0 Å². The minimum atomic E-state index is -10.8. The Bertz CT molecular complexity index is 167. The molecular weight excluding hydrogens is 365 g/mol. The van der Waals surface area contributed by atoms with E-state index in [1.54, 1.807) is 0 Å². The van der Waals surface area contributed by atoms with E-state index in [1.165, 1.54) is 0 Å². The summed E-state index contributed by atoms with van der Waals surface area (Å²) in [6.07, 6.45) is 0. The summed E-state index contributed by atoms with van der Waals surface area (Å²) in [7, 11) is -21.7. The van der Waals surface area contributed by atoms with Crippen molar-refractivity contribution < 1.29 is 49.3 Å². The third kappa shape index (κ3) is 2800. The number of hydrogen-bond donors (Lipinski definition) is 0. The molecule has 0 heterocycles. The Morgan fingerprint density at radius 3 is 0.294 bits per heavy atom. The summed E-state index contributed by atoms with van der Waals surface area (Å²) in [5.41, 5.74) is 0. The van der Waals surface area contributed by atoms with E-state index in [2.05, 4.69) is 0 Å². The van der Waals surface area contributed by atoms with Crippen molar-refractivity contribution in [2.45, 2.75) is 0 Å². The summed E-state index contributed by atoms with van der Waals surface area (Å²) in [6, 6.07) is 0. The molecule has 0 atom stereocenters. The fourth-order valence-corrected chi connectivity index (χ4v) is 0. The van der Waals surface area contributed by atoms with Crippen LogP contribution in [-0.2, 0) is 0 Å². The zero-order valence-corrected chi connectivity index (χ0v) is 12.7. The molecule has 0 saturated carbocycles. The Balaban J connectivity index is -0.0000000480. The second kappa shape index (κ2) is 4.63. The van der Waals surface area contributed by atoms with Gasteiger partial charge in [0.15, 0.2) is 0 Å². The molecule has 0 amide bonds. The maximum absolute atomic E-state index is 10.8. The van der Waals surface area contributed by atoms with E-state index in [4.69, 9.17) is 0 Å². The topological polar surface area (TPSA) is 0 Å². The van der Waals surface area contributed by atoms with E-state index in [9.17, 15) is 49.3 Å². The van der Waals surface area contributed by atoms with Crippen molar-refractivity contribution in [2.24, 2.45) is 0 Å². The second-order valence-corrected chi connectivity index (χ2v) is 6.43. The first-order valence-corrected chi connectivity index (χ1v) is 6.80. The van der Waals surface area contributed by atoms with Crippen LogP contribution < -0.4 is 0 Å². The normalized spacial score (nSPS) is 19.1. The van der Waals surface area contributed by atoms with E-state index >= 15 is 0 Å². The molecule has 0 fully saturated rings. The average Bonchev–Trinajstić information content (AvgIpc) is 0.938. The van der Waals surface area contributed by atoms with Crippen LogP contribution >= 0.6 is 0 Å². The molecule has 9 radical (unpaired) electrons. The Morgan fingerprint density at radius 1 is 0.294 bits per heavy atom. The van der Waals surface area contributed by atoms with Gasteiger partial charge in [0.05, 0.1) is 0 Å². The van der Waals surface area contributed by atoms with E-state index < -0.39 is 17.3 Å². The van der Waals surface area contributed by atoms with Crippen LogP contribution in [-0.4, -0.2) is 69.3 Å². The minimum Gasteiger partial charge on any atom is 0 e. The van der Waals surface area contributed by atoms with Crippen molar-refractivity contribution >= 4 is 69.3 Å². The predicted octanol–water partition coefficient (Wildman–Crippen LogP) is 3.14. The first-order chi connectivity index (χ1) is 4.90. The van der Waals surface area contributed by atoms with Gasteiger partial charge in [0.2, 0.25) is 0 Å². The SMILES string of the molecule is F[Si-2](F)(F)(F)(F)F.F[Si-2](F)(F)(F)(F)F.[Al].[Al].[Al]. The number of rotatable bonds is 0. The molecule has 17 heteroatoms. The predicted molar refractivity (Wildman–Crippen MR) is 42.1 cm³/mol. The summed E-state index contributed by atoms with van der Waals surface area (Å²) in [5.74, 6) is 0. The van der Waals surface area contributed by atoms with E-state index in [1.807, 2.05) is 0 Å². The molecular formula is Al3F12Si2-4. The van der Waals surface area contributed by atoms with Gasteiger partial charge in [-0.2, -0.15) is 0 Å². The second-order valence-electron chi connectivity index (χ2n) is 2.14. The van der Waals surface area contributed by atoms with E-state index in [0.29, 0.717) is 0 Å². The van der Waals surface area contributed by atoms with Crippen LogP contribution in [0.3, 0.4) is 0 Å². The number of hydrogen-bond acceptors (Lipinski definition) is 0. The molecule has 0 aromatic rings. The maximum Gasteiger partial charge on any atom is 0 e. The molecule has 0 nitrogen and oxygen atoms in total. The molecule has 0 aliphatic rings. The molecule has 0 saturated heterocycles. The first-order valence-electron chi connectivity index (χ1n) is 2.27. The van der Waals surface area contributed by atoms with Crippen molar-refractivity contribution in [2.75, 3.05) is 0 Å². The smallest absolute Gasteiger partial charge is 0 e. The average molecular weight is 365 g/mol. The van der Waals surface area contributed by atoms with Crippen molar-refractivity contribution in [3.63, 3.8) is 0 Å². The Labute approximate surface area is 118 Å². The van der Waals surface area contributed by atoms with E-state index in [0.717, 1.165) is 0 Å². The van der Waals surface area contributed by atoms with Crippen LogP contribution in [0.25, 0.3) is 0 Å². The van der Waals surface area contributed by atoms with Gasteiger partial charge in [-0.3, -0.25) is 0 Å². The summed E-state index contributed by atoms with van der Waals surface area (Å²) < 4.78 is 119. The quantitative estimate of drug-likeness (QED) is 0.352. The van der Waals surface area contributed by atoms with Gasteiger partial charge in [0.1, 0.15) is 0 Å². The molecule has 17 heavy (non-hydrogen) atoms. The minimum absolute atomic E-state index is 0. The summed E-state index contributed by atoms with van der Waals surface area (Å²) >= 11 is 0. The zero-order valence-electron chi connectivity index (χ0n) is 7.27. The third-order valence-corrected chi connectivity index (χ3v) is 0. The standard InChI is InChI=1S/3Al.2F6Si/c;;;2*1-7(2,3,4,5)6/q;;;2*-2. The number of halogens is 12. The largest absolute Gasteiger partial charge is 0 e. The van der Waals surface area contributed by atoms with Crippen molar-refractivity contribution in [1.29, 1.82) is 0 Å². The van der Waals surface area contributed by atoms with Crippen LogP contribution in [0.4, 0.5) is 49.3 Å². The third-order valence-electron chi connectivity index (χ3n) is 0. The van der Waals surface area contributed by atoms with Crippen LogP contribution in [0, 0.1) is 0 Å². The monoisotopic (exact) mass is 365 g/mol. The molecule has 0 aliphatic carbocycles. The molecule has 0 N–H and O–H groups in total. The van der Waals surface area contributed by atoms with Gasteiger partial charge in [-0.05, 0) is 0 Å². The van der Waals surface area contributed by atoms with Gasteiger partial charge >= 0.3 is 66.6 Å². The van der Waals surface area contributed by atoms with Crippen LogP contribution in [0.5, 0.6) is 0 Å². The Morgan fingerprint density at radius 2 is 0.294 bits per heavy atom. The van der Waals surface area contributed by atoms with Gasteiger partial charge in [0, 0.05) is 52.1 Å². The molecule has 0 aromatic heterocycles. The molecule has 0 rings (SSSR count). The molecule has 0 unspecified atom stereocenters. The maximum atomic E-state index is 9.88. The van der Waals surface area contributed by atoms with Crippen molar-refractivity contribution in [3.8, 4) is 0 Å². The first kappa shape index (κ1) is 30.9. The summed E-state index contributed by atoms with van der Waals surface area (Å²) in [6.45, 7) is 0. The van der Waals surface area contributed by atoms with Crippen molar-refractivity contribution in [3.05, 3.63) is 0 Å². The molecule has 0 aromatic carbocycles. The van der Waals surface area contributed by atoms with E-state index in [-0.39, 0.29) is 52.1 Å². The van der Waals surface area contributed by atoms with Crippen LogP contribution in [0.1, 0.15) is 0 Å². The molecule has 0 spiro atoms. The van der Waals surface area contributed by atoms with Gasteiger partial charge < -0.3 is 0 Å². The van der Waals surface area contributed by atoms with Crippen LogP contribution in [0.15, 0.2) is 0 Å². The van der Waals surface area contributed by atoms with Gasteiger partial charge in [-0.15, -0.1) is 0 Å². The van der Waals surface area contributed by atoms with Gasteiger partial charge in [-0.1, -0.05) is 0 Å². The molecule has 105 valence electrons. The van der Waals surface area contributed by atoms with Crippen LogP contribution in [0.2, 0.25) is 0 Å². The summed E-state index contributed by atoms with van der Waals surface area (Å²) in [5, 5.41) is 0. The summed E-state index contributed by atoms with van der Waals surface area (Å²) in [4.78, 5) is 0. The molecule has 0 aliphatic heterocycles. The van der Waals surface area contributed by atoms with Crippen molar-refractivity contribution in [1.82, 2.24) is 0 Å². The fourth-order valence-electron chi connectivity index (χ4n) is 0. The zero-order chi connectivity index (χ0) is 12.8. The molecule has 0 bridgehead atoms. The fraction of sp³-hybridized carbons (Fsp3) is 0. The Kier molecular flexibility index (Phi) is 8.42. The Hall–Kier alpha value is 1.19. The van der Waals surface area contributed by atoms with Gasteiger partial charge in [0.25, 0.3) is 0 Å².